The van der Waals surface area contributed by atoms with Gasteiger partial charge in [-0.25, -0.2) is 0 Å². The van der Waals surface area contributed by atoms with Gasteiger partial charge in [0.05, 0.1) is 25.5 Å². The Labute approximate surface area is 143 Å². The summed E-state index contributed by atoms with van der Waals surface area (Å²) in [6.07, 6.45) is 16.1. The van der Waals surface area contributed by atoms with Crippen molar-refractivity contribution in [1.29, 1.82) is 0 Å². The van der Waals surface area contributed by atoms with Gasteiger partial charge in [0.1, 0.15) is 0 Å². The third-order valence-electron chi connectivity index (χ3n) is 4.42. The van der Waals surface area contributed by atoms with Crippen LogP contribution in [0.1, 0.15) is 79.9 Å². The van der Waals surface area contributed by atoms with Crippen molar-refractivity contribution in [3.63, 3.8) is 0 Å². The van der Waals surface area contributed by atoms with Gasteiger partial charge < -0.3 is 0 Å². The number of hydrogen-bond donors (Lipinski definition) is 0. The Morgan fingerprint density at radius 3 is 1.50 bits per heavy atom. The maximum Gasteiger partial charge on any atom is 0.0745 e. The van der Waals surface area contributed by atoms with Gasteiger partial charge in [0.15, 0.2) is 0 Å². The summed E-state index contributed by atoms with van der Waals surface area (Å²) in [6.45, 7) is 6.93. The maximum atomic E-state index is 8.95. The Balaban J connectivity index is 0.00000324. The Morgan fingerprint density at radius 1 is 0.889 bits per heavy atom. The van der Waals surface area contributed by atoms with Crippen LogP contribution < -0.4 is 0 Å². The van der Waals surface area contributed by atoms with Crippen LogP contribution in [0.4, 0.5) is 0 Å². The molecule has 0 N–H and O–H groups in total. The average molecular weight is 347 g/mol. The van der Waals surface area contributed by atoms with Gasteiger partial charge in [-0.15, -0.1) is 0 Å². The molecular weight excluding hydrogens is 312 g/mol. The second-order valence-corrected chi connectivity index (χ2v) is 10.1. The molecule has 1 radical (unpaired) electrons. The summed E-state index contributed by atoms with van der Waals surface area (Å²) in [5.74, 6) is 0. The molecule has 1 rings (SSSR count). The van der Waals surface area contributed by atoms with Crippen LogP contribution in [0.2, 0.25) is 0 Å². The molecule has 1 fully saturated rings. The molecular formula is C16H34PY+. The van der Waals surface area contributed by atoms with Gasteiger partial charge in [-0.1, -0.05) is 40.0 Å². The van der Waals surface area contributed by atoms with E-state index in [1.807, 2.05) is 0 Å². The monoisotopic (exact) mass is 347 g/mol. The van der Waals surface area contributed by atoms with Crippen LogP contribution in [0.5, 0.6) is 0 Å². The van der Waals surface area contributed by atoms with Crippen molar-refractivity contribution < 1.29 is 34.1 Å². The van der Waals surface area contributed by atoms with Gasteiger partial charge in [-0.05, 0) is 38.5 Å². The predicted molar refractivity (Wildman–Crippen MR) is 83.9 cm³/mol. The minimum absolute atomic E-state index is 0. The van der Waals surface area contributed by atoms with Gasteiger partial charge in [0.25, 0.3) is 0 Å². The first-order valence-electron chi connectivity index (χ1n) is 8.50. The summed E-state index contributed by atoms with van der Waals surface area (Å²) in [4.78, 5) is 0. The molecule has 0 aliphatic heterocycles. The molecule has 0 nitrogen and oxygen atoms in total. The largest absolute Gasteiger partial charge is 0.0745 e. The van der Waals surface area contributed by atoms with Crippen molar-refractivity contribution in [2.45, 2.75) is 84.2 Å². The van der Waals surface area contributed by atoms with Gasteiger partial charge in [0, 0.05) is 40.0 Å². The smallest absolute Gasteiger partial charge is 0.0652 e. The topological polar surface area (TPSA) is 0 Å². The SMILES string of the molecule is [2H]C1([P+](CCCC)(CCCC)CCCC)CCC1.[Y]. The van der Waals surface area contributed by atoms with E-state index in [2.05, 4.69) is 20.8 Å². The number of rotatable bonds is 10. The van der Waals surface area contributed by atoms with E-state index in [0.717, 1.165) is 0 Å². The minimum Gasteiger partial charge on any atom is -0.0652 e. The van der Waals surface area contributed by atoms with Gasteiger partial charge in [0.2, 0.25) is 0 Å². The molecule has 18 heavy (non-hydrogen) atoms. The van der Waals surface area contributed by atoms with E-state index in [9.17, 15) is 0 Å². The third kappa shape index (κ3) is 5.89. The Kier molecular flexibility index (Phi) is 11.0. The summed E-state index contributed by atoms with van der Waals surface area (Å²) < 4.78 is 8.95. The Hall–Kier alpha value is 1.53. The van der Waals surface area contributed by atoms with Crippen LogP contribution in [0, 0.1) is 0 Å². The van der Waals surface area contributed by atoms with Crippen molar-refractivity contribution in [1.82, 2.24) is 0 Å². The van der Waals surface area contributed by atoms with E-state index in [0.29, 0.717) is 0 Å². The van der Waals surface area contributed by atoms with Crippen molar-refractivity contribution in [3.8, 4) is 0 Å². The van der Waals surface area contributed by atoms with E-state index in [4.69, 9.17) is 1.37 Å². The zero-order chi connectivity index (χ0) is 13.5. The fourth-order valence-electron chi connectivity index (χ4n) is 3.00. The van der Waals surface area contributed by atoms with Crippen LogP contribution in [0.15, 0.2) is 0 Å². The quantitative estimate of drug-likeness (QED) is 0.428. The van der Waals surface area contributed by atoms with E-state index < -0.39 is 7.26 Å². The molecule has 0 bridgehead atoms. The molecule has 105 valence electrons. The Bertz CT molecular complexity index is 207. The number of unbranched alkanes of at least 4 members (excludes halogenated alkanes) is 3. The van der Waals surface area contributed by atoms with Crippen LogP contribution in [-0.2, 0) is 32.7 Å². The van der Waals surface area contributed by atoms with Crippen LogP contribution in [0.25, 0.3) is 0 Å². The van der Waals surface area contributed by atoms with Gasteiger partial charge in [-0.3, -0.25) is 0 Å². The van der Waals surface area contributed by atoms with Crippen molar-refractivity contribution in [2.24, 2.45) is 0 Å². The van der Waals surface area contributed by atoms with Crippen LogP contribution in [0.3, 0.4) is 0 Å². The first-order valence-corrected chi connectivity index (χ1v) is 10.3. The van der Waals surface area contributed by atoms with Gasteiger partial charge >= 0.3 is 0 Å². The van der Waals surface area contributed by atoms with Crippen molar-refractivity contribution >= 4 is 7.26 Å². The van der Waals surface area contributed by atoms with E-state index >= 15 is 0 Å². The second-order valence-electron chi connectivity index (χ2n) is 5.80. The first-order chi connectivity index (χ1) is 8.64. The molecule has 0 saturated heterocycles. The van der Waals surface area contributed by atoms with Gasteiger partial charge in [-0.2, -0.15) is 0 Å². The van der Waals surface area contributed by atoms with Crippen LogP contribution in [-0.4, -0.2) is 24.1 Å². The van der Waals surface area contributed by atoms with E-state index in [1.54, 1.807) is 0 Å². The molecule has 0 amide bonds. The summed E-state index contributed by atoms with van der Waals surface area (Å²) in [6, 6.07) is 0. The minimum atomic E-state index is -0.995. The molecule has 0 aromatic carbocycles. The maximum absolute atomic E-state index is 8.95. The first kappa shape index (κ1) is 17.6. The zero-order valence-electron chi connectivity index (χ0n) is 14.0. The molecule has 0 unspecified atom stereocenters. The molecule has 0 atom stereocenters. The van der Waals surface area contributed by atoms with Crippen molar-refractivity contribution in [3.05, 3.63) is 0 Å². The summed E-state index contributed by atoms with van der Waals surface area (Å²) >= 11 is 0. The molecule has 0 spiro atoms. The molecule has 1 aliphatic rings. The van der Waals surface area contributed by atoms with E-state index in [-0.39, 0.29) is 38.3 Å². The average Bonchev–Trinajstić information content (AvgIpc) is 2.35. The van der Waals surface area contributed by atoms with Crippen molar-refractivity contribution in [2.75, 3.05) is 18.5 Å². The molecule has 0 aromatic heterocycles. The third-order valence-corrected chi connectivity index (χ3v) is 9.73. The molecule has 1 aliphatic carbocycles. The Morgan fingerprint density at radius 2 is 1.28 bits per heavy atom. The molecule has 1 saturated carbocycles. The second kappa shape index (κ2) is 11.2. The fraction of sp³-hybridized carbons (Fsp3) is 1.00. The molecule has 2 heteroatoms. The zero-order valence-corrected chi connectivity index (χ0v) is 16.7. The molecule has 0 aromatic rings. The fourth-order valence-corrected chi connectivity index (χ4v) is 8.65. The number of hydrogen-bond acceptors (Lipinski definition) is 0. The normalized spacial score (nSPS) is 18.7. The molecule has 0 heterocycles. The van der Waals surface area contributed by atoms with Crippen LogP contribution >= 0.6 is 7.26 Å². The predicted octanol–water partition coefficient (Wildman–Crippen LogP) is 5.95. The summed E-state index contributed by atoms with van der Waals surface area (Å²) in [7, 11) is -0.995. The summed E-state index contributed by atoms with van der Waals surface area (Å²) in [5.41, 5.74) is 0.0481. The standard InChI is InChI=1S/C16H34P.Y/c1-4-7-13-17(14-8-5-2,15-9-6-3)16-11-10-12-16;/h16H,4-15H2,1-3H3;/q+1;/i16D;. The summed E-state index contributed by atoms with van der Waals surface area (Å²) in [5, 5.41) is 0. The van der Waals surface area contributed by atoms with E-state index in [1.165, 1.54) is 76.3 Å².